The Hall–Kier alpha value is -3.16. The Morgan fingerprint density at radius 1 is 1.22 bits per heavy atom. The molecule has 0 saturated heterocycles. The van der Waals surface area contributed by atoms with E-state index in [9.17, 15) is 9.18 Å². The Morgan fingerprint density at radius 2 is 2.00 bits per heavy atom. The Balaban J connectivity index is 1.61. The van der Waals surface area contributed by atoms with E-state index in [1.807, 2.05) is 27.1 Å². The summed E-state index contributed by atoms with van der Waals surface area (Å²) in [7, 11) is 3.63. The molecule has 0 aliphatic heterocycles. The number of rotatable bonds is 8. The average molecular weight is 442 g/mol. The van der Waals surface area contributed by atoms with E-state index in [-0.39, 0.29) is 17.1 Å². The molecule has 7 nitrogen and oxygen atoms in total. The topological polar surface area (TPSA) is 78.9 Å². The molecule has 2 aromatic rings. The molecule has 3 rings (SSSR count). The van der Waals surface area contributed by atoms with Gasteiger partial charge in [-0.3, -0.25) is 4.79 Å². The van der Waals surface area contributed by atoms with Crippen LogP contribution in [0.4, 0.5) is 4.39 Å². The van der Waals surface area contributed by atoms with Gasteiger partial charge in [0.2, 0.25) is 11.8 Å². The predicted molar refractivity (Wildman–Crippen MR) is 123 cm³/mol. The zero-order valence-electron chi connectivity index (χ0n) is 19.0. The summed E-state index contributed by atoms with van der Waals surface area (Å²) in [5.74, 6) is 1.28. The molecule has 8 heteroatoms. The molecule has 1 saturated carbocycles. The van der Waals surface area contributed by atoms with Gasteiger partial charge in [-0.2, -0.15) is 0 Å². The molecule has 172 valence electrons. The average Bonchev–Trinajstić information content (AvgIpc) is 3.26. The SMILES string of the molecule is CCNC(=NCc1ccc(Oc2cccc(F)c2)nc1)NCC1(C(=O)N(C)C)CCCC1. The first-order valence-corrected chi connectivity index (χ1v) is 11.0. The summed E-state index contributed by atoms with van der Waals surface area (Å²) < 4.78 is 18.9. The second-order valence-electron chi connectivity index (χ2n) is 8.30. The summed E-state index contributed by atoms with van der Waals surface area (Å²) in [6.07, 6.45) is 5.63. The standard InChI is InChI=1S/C24H32FN5O2/c1-4-26-23(29-17-24(12-5-6-13-24)22(31)30(2)3)28-16-18-10-11-21(27-15-18)32-20-9-7-8-19(25)14-20/h7-11,14-15H,4-6,12-13,16-17H2,1-3H3,(H2,26,28,29). The van der Waals surface area contributed by atoms with E-state index in [0.717, 1.165) is 37.8 Å². The minimum atomic E-state index is -0.364. The van der Waals surface area contributed by atoms with E-state index in [2.05, 4.69) is 20.6 Å². The van der Waals surface area contributed by atoms with E-state index in [1.54, 1.807) is 29.3 Å². The number of amides is 1. The molecule has 1 heterocycles. The number of ether oxygens (including phenoxy) is 1. The van der Waals surface area contributed by atoms with Crippen LogP contribution in [-0.2, 0) is 11.3 Å². The van der Waals surface area contributed by atoms with E-state index >= 15 is 0 Å². The second-order valence-corrected chi connectivity index (χ2v) is 8.30. The minimum Gasteiger partial charge on any atom is -0.439 e. The molecule has 32 heavy (non-hydrogen) atoms. The first kappa shape index (κ1) is 23.5. The Bertz CT molecular complexity index is 924. The number of nitrogens with zero attached hydrogens (tertiary/aromatic N) is 3. The number of pyridine rings is 1. The molecule has 0 unspecified atom stereocenters. The normalized spacial score (nSPS) is 15.3. The third-order valence-corrected chi connectivity index (χ3v) is 5.59. The van der Waals surface area contributed by atoms with Crippen LogP contribution in [0.1, 0.15) is 38.2 Å². The maximum Gasteiger partial charge on any atom is 0.230 e. The zero-order chi connectivity index (χ0) is 23.0. The quantitative estimate of drug-likeness (QED) is 0.482. The van der Waals surface area contributed by atoms with Crippen LogP contribution in [-0.4, -0.2) is 48.9 Å². The molecule has 1 aliphatic carbocycles. The smallest absolute Gasteiger partial charge is 0.230 e. The van der Waals surface area contributed by atoms with Crippen LogP contribution >= 0.6 is 0 Å². The van der Waals surface area contributed by atoms with Crippen molar-refractivity contribution >= 4 is 11.9 Å². The summed E-state index contributed by atoms with van der Waals surface area (Å²) in [5.41, 5.74) is 0.547. The molecule has 0 radical (unpaired) electrons. The lowest BCUT2D eigenvalue weighted by Gasteiger charge is -2.31. The van der Waals surface area contributed by atoms with Gasteiger partial charge in [0.1, 0.15) is 11.6 Å². The van der Waals surface area contributed by atoms with Crippen molar-refractivity contribution in [2.24, 2.45) is 10.4 Å². The van der Waals surface area contributed by atoms with Gasteiger partial charge >= 0.3 is 0 Å². The third-order valence-electron chi connectivity index (χ3n) is 5.59. The molecule has 2 N–H and O–H groups in total. The Labute approximate surface area is 189 Å². The van der Waals surface area contributed by atoms with Gasteiger partial charge in [-0.05, 0) is 37.5 Å². The Kier molecular flexibility index (Phi) is 8.03. The molecule has 1 aromatic carbocycles. The van der Waals surface area contributed by atoms with E-state index in [4.69, 9.17) is 4.74 Å². The van der Waals surface area contributed by atoms with Crippen LogP contribution in [0, 0.1) is 11.2 Å². The van der Waals surface area contributed by atoms with Gasteiger partial charge in [0, 0.05) is 45.5 Å². The second kappa shape index (κ2) is 10.9. The fourth-order valence-electron chi connectivity index (χ4n) is 3.97. The predicted octanol–water partition coefficient (Wildman–Crippen LogP) is 3.72. The van der Waals surface area contributed by atoms with E-state index in [1.165, 1.54) is 12.1 Å². The molecular weight excluding hydrogens is 409 g/mol. The highest BCUT2D eigenvalue weighted by molar-refractivity contribution is 5.85. The third kappa shape index (κ3) is 6.18. The number of hydrogen-bond acceptors (Lipinski definition) is 4. The number of benzene rings is 1. The van der Waals surface area contributed by atoms with Gasteiger partial charge in [0.05, 0.1) is 12.0 Å². The van der Waals surface area contributed by atoms with Gasteiger partial charge in [0.25, 0.3) is 0 Å². The fraction of sp³-hybridized carbons (Fsp3) is 0.458. The first-order chi connectivity index (χ1) is 15.4. The summed E-state index contributed by atoms with van der Waals surface area (Å²) >= 11 is 0. The van der Waals surface area contributed by atoms with Crippen LogP contribution < -0.4 is 15.4 Å². The molecule has 0 atom stereocenters. The zero-order valence-corrected chi connectivity index (χ0v) is 19.0. The lowest BCUT2D eigenvalue weighted by Crippen LogP contribution is -2.49. The first-order valence-electron chi connectivity index (χ1n) is 11.0. The number of guanidine groups is 1. The van der Waals surface area contributed by atoms with E-state index in [0.29, 0.717) is 30.7 Å². The van der Waals surface area contributed by atoms with Crippen molar-refractivity contribution in [2.45, 2.75) is 39.2 Å². The summed E-state index contributed by atoms with van der Waals surface area (Å²) in [6, 6.07) is 9.55. The molecule has 1 aliphatic rings. The lowest BCUT2D eigenvalue weighted by molar-refractivity contribution is -0.138. The Morgan fingerprint density at radius 3 is 2.62 bits per heavy atom. The summed E-state index contributed by atoms with van der Waals surface area (Å²) in [4.78, 5) is 23.4. The van der Waals surface area contributed by atoms with Gasteiger partial charge in [-0.25, -0.2) is 14.4 Å². The van der Waals surface area contributed by atoms with Crippen molar-refractivity contribution in [3.8, 4) is 11.6 Å². The van der Waals surface area contributed by atoms with Gasteiger partial charge < -0.3 is 20.3 Å². The highest BCUT2D eigenvalue weighted by Crippen LogP contribution is 2.38. The molecule has 1 aromatic heterocycles. The summed E-state index contributed by atoms with van der Waals surface area (Å²) in [6.45, 7) is 3.72. The maximum absolute atomic E-state index is 13.3. The molecule has 0 spiro atoms. The van der Waals surface area contributed by atoms with Crippen molar-refractivity contribution in [2.75, 3.05) is 27.2 Å². The van der Waals surface area contributed by atoms with Crippen molar-refractivity contribution < 1.29 is 13.9 Å². The largest absolute Gasteiger partial charge is 0.439 e. The maximum atomic E-state index is 13.3. The van der Waals surface area contributed by atoms with Crippen molar-refractivity contribution in [3.05, 3.63) is 54.0 Å². The highest BCUT2D eigenvalue weighted by atomic mass is 19.1. The minimum absolute atomic E-state index is 0.177. The van der Waals surface area contributed by atoms with Crippen molar-refractivity contribution in [1.82, 2.24) is 20.5 Å². The van der Waals surface area contributed by atoms with Crippen LogP contribution in [0.15, 0.2) is 47.6 Å². The van der Waals surface area contributed by atoms with Crippen LogP contribution in [0.25, 0.3) is 0 Å². The van der Waals surface area contributed by atoms with E-state index < -0.39 is 0 Å². The number of halogens is 1. The number of aromatic nitrogens is 1. The van der Waals surface area contributed by atoms with Gasteiger partial charge in [0.15, 0.2) is 5.96 Å². The number of hydrogen-bond donors (Lipinski definition) is 2. The van der Waals surface area contributed by atoms with Crippen LogP contribution in [0.2, 0.25) is 0 Å². The summed E-state index contributed by atoms with van der Waals surface area (Å²) in [5, 5.41) is 6.61. The monoisotopic (exact) mass is 441 g/mol. The molecular formula is C24H32FN5O2. The number of nitrogens with one attached hydrogen (secondary N) is 2. The van der Waals surface area contributed by atoms with Crippen molar-refractivity contribution in [3.63, 3.8) is 0 Å². The van der Waals surface area contributed by atoms with Gasteiger partial charge in [-0.1, -0.05) is 25.0 Å². The van der Waals surface area contributed by atoms with Crippen LogP contribution in [0.3, 0.4) is 0 Å². The van der Waals surface area contributed by atoms with Crippen molar-refractivity contribution in [1.29, 1.82) is 0 Å². The highest BCUT2D eigenvalue weighted by Gasteiger charge is 2.42. The lowest BCUT2D eigenvalue weighted by atomic mass is 9.84. The molecule has 1 amide bonds. The van der Waals surface area contributed by atoms with Gasteiger partial charge in [-0.15, -0.1) is 0 Å². The molecule has 0 bridgehead atoms. The fourth-order valence-corrected chi connectivity index (χ4v) is 3.97. The molecule has 1 fully saturated rings. The number of carbonyl (C=O) groups is 1. The number of carbonyl (C=O) groups excluding carboxylic acids is 1. The van der Waals surface area contributed by atoms with Crippen LogP contribution in [0.5, 0.6) is 11.6 Å². The number of aliphatic imine (C=N–C) groups is 1.